The summed E-state index contributed by atoms with van der Waals surface area (Å²) in [6.07, 6.45) is 0. The molecule has 0 amide bonds. The SMILES string of the molecule is c1ccc(-c2cccc3cc(-c4nc(-c5ccc6ccc7ccccc7c6c5)nc(-c5cccc6oc7ccccc7c56)n4)ccc23)cc1. The van der Waals surface area contributed by atoms with Crippen molar-refractivity contribution in [2.75, 3.05) is 0 Å². The van der Waals surface area contributed by atoms with Crippen molar-refractivity contribution >= 4 is 54.3 Å². The van der Waals surface area contributed by atoms with Gasteiger partial charge in [0.05, 0.1) is 0 Å². The molecule has 0 aliphatic rings. The summed E-state index contributed by atoms with van der Waals surface area (Å²) in [7, 11) is 0. The average Bonchev–Trinajstić information content (AvgIpc) is 3.56. The largest absolute Gasteiger partial charge is 0.456 e. The van der Waals surface area contributed by atoms with Gasteiger partial charge >= 0.3 is 0 Å². The third kappa shape index (κ3) is 4.57. The van der Waals surface area contributed by atoms with E-state index in [4.69, 9.17) is 19.4 Å². The monoisotopic (exact) mass is 625 g/mol. The highest BCUT2D eigenvalue weighted by atomic mass is 16.3. The first-order chi connectivity index (χ1) is 24.3. The van der Waals surface area contributed by atoms with Crippen LogP contribution in [-0.4, -0.2) is 15.0 Å². The molecule has 0 atom stereocenters. The van der Waals surface area contributed by atoms with E-state index in [-0.39, 0.29) is 0 Å². The molecule has 4 nitrogen and oxygen atoms in total. The van der Waals surface area contributed by atoms with Gasteiger partial charge in [-0.05, 0) is 67.7 Å². The summed E-state index contributed by atoms with van der Waals surface area (Å²) in [6.45, 7) is 0. The van der Waals surface area contributed by atoms with Crippen molar-refractivity contribution in [1.82, 2.24) is 15.0 Å². The molecule has 0 bridgehead atoms. The molecule has 2 heterocycles. The molecule has 0 spiro atoms. The standard InChI is InChI=1S/C45H27N3O/c1-2-10-28(11-3-1)34-16-8-13-31-26-32(24-25-36(31)34)43-46-44(33-23-22-30-21-20-29-12-4-5-14-35(29)39(30)27-33)48-45(47-43)38-17-9-19-41-42(38)37-15-6-7-18-40(37)49-41/h1-27H. The van der Waals surface area contributed by atoms with Gasteiger partial charge in [0.25, 0.3) is 0 Å². The molecule has 10 aromatic rings. The van der Waals surface area contributed by atoms with Crippen LogP contribution in [0, 0.1) is 0 Å². The molecule has 0 saturated heterocycles. The number of rotatable bonds is 4. The Morgan fingerprint density at radius 1 is 0.327 bits per heavy atom. The molecule has 0 unspecified atom stereocenters. The average molecular weight is 626 g/mol. The van der Waals surface area contributed by atoms with Crippen LogP contribution >= 0.6 is 0 Å². The van der Waals surface area contributed by atoms with Crippen LogP contribution in [0.4, 0.5) is 0 Å². The third-order valence-electron chi connectivity index (χ3n) is 9.51. The summed E-state index contributed by atoms with van der Waals surface area (Å²) in [4.78, 5) is 15.5. The molecule has 49 heavy (non-hydrogen) atoms. The van der Waals surface area contributed by atoms with Crippen molar-refractivity contribution in [1.29, 1.82) is 0 Å². The summed E-state index contributed by atoms with van der Waals surface area (Å²) in [6, 6.07) is 57.0. The summed E-state index contributed by atoms with van der Waals surface area (Å²) < 4.78 is 6.26. The Kier molecular flexibility index (Phi) is 6.15. The van der Waals surface area contributed by atoms with Gasteiger partial charge in [0.1, 0.15) is 11.2 Å². The first kappa shape index (κ1) is 27.5. The Labute approximate surface area is 282 Å². The summed E-state index contributed by atoms with van der Waals surface area (Å²) >= 11 is 0. The molecule has 0 fully saturated rings. The maximum atomic E-state index is 6.26. The van der Waals surface area contributed by atoms with Gasteiger partial charge < -0.3 is 4.42 Å². The maximum absolute atomic E-state index is 6.26. The summed E-state index contributed by atoms with van der Waals surface area (Å²) in [5.41, 5.74) is 6.80. The van der Waals surface area contributed by atoms with Gasteiger partial charge in [0.2, 0.25) is 0 Å². The lowest BCUT2D eigenvalue weighted by atomic mass is 9.97. The molecule has 10 rings (SSSR count). The van der Waals surface area contributed by atoms with Gasteiger partial charge in [-0.25, -0.2) is 15.0 Å². The number of hydrogen-bond acceptors (Lipinski definition) is 4. The van der Waals surface area contributed by atoms with Gasteiger partial charge in [0, 0.05) is 27.5 Å². The maximum Gasteiger partial charge on any atom is 0.164 e. The van der Waals surface area contributed by atoms with Gasteiger partial charge in [-0.2, -0.15) is 0 Å². The number of fused-ring (bicyclic) bond motifs is 7. The molecule has 0 aliphatic heterocycles. The van der Waals surface area contributed by atoms with Gasteiger partial charge in [0.15, 0.2) is 17.5 Å². The second-order valence-corrected chi connectivity index (χ2v) is 12.4. The molecule has 0 N–H and O–H groups in total. The van der Waals surface area contributed by atoms with E-state index in [2.05, 4.69) is 127 Å². The van der Waals surface area contributed by atoms with Crippen molar-refractivity contribution in [2.24, 2.45) is 0 Å². The fraction of sp³-hybridized carbons (Fsp3) is 0. The zero-order chi connectivity index (χ0) is 32.3. The van der Waals surface area contributed by atoms with Crippen molar-refractivity contribution < 1.29 is 4.42 Å². The predicted octanol–water partition coefficient (Wildman–Crippen LogP) is 11.9. The van der Waals surface area contributed by atoms with E-state index in [1.54, 1.807) is 0 Å². The normalized spacial score (nSPS) is 11.7. The Hall–Kier alpha value is -6.65. The molecule has 0 aliphatic carbocycles. The van der Waals surface area contributed by atoms with Crippen molar-refractivity contribution in [2.45, 2.75) is 0 Å². The van der Waals surface area contributed by atoms with Crippen LogP contribution in [0.1, 0.15) is 0 Å². The lowest BCUT2D eigenvalue weighted by Gasteiger charge is -2.12. The number of nitrogens with zero attached hydrogens (tertiary/aromatic N) is 3. The van der Waals surface area contributed by atoms with E-state index in [1.807, 2.05) is 36.4 Å². The molecular weight excluding hydrogens is 599 g/mol. The van der Waals surface area contributed by atoms with Crippen LogP contribution in [0.2, 0.25) is 0 Å². The zero-order valence-electron chi connectivity index (χ0n) is 26.3. The Morgan fingerprint density at radius 2 is 0.939 bits per heavy atom. The third-order valence-corrected chi connectivity index (χ3v) is 9.51. The minimum atomic E-state index is 0.605. The fourth-order valence-electron chi connectivity index (χ4n) is 7.15. The van der Waals surface area contributed by atoms with Gasteiger partial charge in [-0.15, -0.1) is 0 Å². The Bertz CT molecular complexity index is 2890. The van der Waals surface area contributed by atoms with Crippen LogP contribution < -0.4 is 0 Å². The van der Waals surface area contributed by atoms with E-state index in [9.17, 15) is 0 Å². The van der Waals surface area contributed by atoms with E-state index in [0.717, 1.165) is 44.0 Å². The first-order valence-electron chi connectivity index (χ1n) is 16.4. The second kappa shape index (κ2) is 11.0. The highest BCUT2D eigenvalue weighted by Crippen LogP contribution is 2.38. The lowest BCUT2D eigenvalue weighted by molar-refractivity contribution is 0.669. The van der Waals surface area contributed by atoms with Gasteiger partial charge in [-0.3, -0.25) is 0 Å². The topological polar surface area (TPSA) is 51.8 Å². The summed E-state index contributed by atoms with van der Waals surface area (Å²) in [5, 5.41) is 9.09. The molecule has 0 saturated carbocycles. The Balaban J connectivity index is 1.21. The number of para-hydroxylation sites is 1. The predicted molar refractivity (Wildman–Crippen MR) is 201 cm³/mol. The van der Waals surface area contributed by atoms with Crippen LogP contribution in [-0.2, 0) is 0 Å². The van der Waals surface area contributed by atoms with Crippen molar-refractivity contribution in [3.05, 3.63) is 164 Å². The fourth-order valence-corrected chi connectivity index (χ4v) is 7.15. The number of hydrogen-bond donors (Lipinski definition) is 0. The first-order valence-corrected chi connectivity index (χ1v) is 16.4. The van der Waals surface area contributed by atoms with Crippen LogP contribution in [0.3, 0.4) is 0 Å². The second-order valence-electron chi connectivity index (χ2n) is 12.4. The zero-order valence-corrected chi connectivity index (χ0v) is 26.3. The molecule has 8 aromatic carbocycles. The van der Waals surface area contributed by atoms with E-state index in [1.165, 1.54) is 38.1 Å². The number of furan rings is 1. The smallest absolute Gasteiger partial charge is 0.164 e. The Morgan fingerprint density at radius 3 is 1.82 bits per heavy atom. The van der Waals surface area contributed by atoms with Gasteiger partial charge in [-0.1, -0.05) is 140 Å². The number of aromatic nitrogens is 3. The van der Waals surface area contributed by atoms with Crippen molar-refractivity contribution in [3.8, 4) is 45.3 Å². The van der Waals surface area contributed by atoms with E-state index >= 15 is 0 Å². The quantitative estimate of drug-likeness (QED) is 0.183. The van der Waals surface area contributed by atoms with Crippen LogP contribution in [0.15, 0.2) is 168 Å². The minimum Gasteiger partial charge on any atom is -0.456 e. The molecule has 0 radical (unpaired) electrons. The minimum absolute atomic E-state index is 0.605. The van der Waals surface area contributed by atoms with E-state index < -0.39 is 0 Å². The highest BCUT2D eigenvalue weighted by molar-refractivity contribution is 6.12. The molecule has 2 aromatic heterocycles. The van der Waals surface area contributed by atoms with E-state index in [0.29, 0.717) is 17.5 Å². The van der Waals surface area contributed by atoms with Crippen LogP contribution in [0.5, 0.6) is 0 Å². The number of benzene rings is 8. The highest BCUT2D eigenvalue weighted by Gasteiger charge is 2.18. The van der Waals surface area contributed by atoms with Crippen molar-refractivity contribution in [3.63, 3.8) is 0 Å². The molecule has 4 heteroatoms. The lowest BCUT2D eigenvalue weighted by Crippen LogP contribution is -2.00. The molecular formula is C45H27N3O. The van der Waals surface area contributed by atoms with Crippen LogP contribution in [0.25, 0.3) is 99.5 Å². The molecule has 228 valence electrons. The summed E-state index contributed by atoms with van der Waals surface area (Å²) in [5.74, 6) is 1.85.